The van der Waals surface area contributed by atoms with Crippen molar-refractivity contribution in [3.63, 3.8) is 0 Å². The molecule has 0 aromatic heterocycles. The predicted molar refractivity (Wildman–Crippen MR) is 69.6 cm³/mol. The average molecular weight is 293 g/mol. The zero-order chi connectivity index (χ0) is 15.2. The van der Waals surface area contributed by atoms with Gasteiger partial charge in [0.05, 0.1) is 0 Å². The van der Waals surface area contributed by atoms with E-state index in [1.807, 2.05) is 13.8 Å². The van der Waals surface area contributed by atoms with Gasteiger partial charge in [-0.2, -0.15) is 8.78 Å². The van der Waals surface area contributed by atoms with Crippen LogP contribution in [0.2, 0.25) is 0 Å². The third-order valence-corrected chi connectivity index (χ3v) is 2.89. The van der Waals surface area contributed by atoms with Crippen LogP contribution in [0.25, 0.3) is 0 Å². The molecule has 0 bridgehead atoms. The van der Waals surface area contributed by atoms with Crippen molar-refractivity contribution >= 4 is 0 Å². The summed E-state index contributed by atoms with van der Waals surface area (Å²) in [5, 5.41) is 3.28. The number of hydrogen-bond donors (Lipinski definition) is 1. The van der Waals surface area contributed by atoms with Crippen molar-refractivity contribution in [3.05, 3.63) is 29.8 Å². The van der Waals surface area contributed by atoms with Crippen LogP contribution in [-0.4, -0.2) is 25.5 Å². The van der Waals surface area contributed by atoms with E-state index < -0.39 is 19.0 Å². The van der Waals surface area contributed by atoms with Crippen LogP contribution in [0.15, 0.2) is 24.3 Å². The summed E-state index contributed by atoms with van der Waals surface area (Å²) >= 11 is 0. The maximum absolute atomic E-state index is 12.7. The molecule has 0 heterocycles. The summed E-state index contributed by atoms with van der Waals surface area (Å²) in [5.74, 6) is -3.98. The van der Waals surface area contributed by atoms with Crippen LogP contribution in [0.4, 0.5) is 17.6 Å². The second kappa shape index (κ2) is 7.47. The summed E-state index contributed by atoms with van der Waals surface area (Å²) in [6.07, 6.45) is -2.84. The maximum Gasteiger partial charge on any atom is 0.340 e. The van der Waals surface area contributed by atoms with Crippen LogP contribution in [0.1, 0.15) is 31.9 Å². The van der Waals surface area contributed by atoms with E-state index in [0.29, 0.717) is 0 Å². The summed E-state index contributed by atoms with van der Waals surface area (Å²) in [6, 6.07) is 6.68. The van der Waals surface area contributed by atoms with E-state index in [-0.39, 0.29) is 11.8 Å². The van der Waals surface area contributed by atoms with Crippen LogP contribution in [0.5, 0.6) is 5.75 Å². The lowest BCUT2D eigenvalue weighted by Crippen LogP contribution is -2.33. The lowest BCUT2D eigenvalue weighted by molar-refractivity contribution is -0.148. The largest absolute Gasteiger partial charge is 0.487 e. The van der Waals surface area contributed by atoms with Gasteiger partial charge in [0.1, 0.15) is 5.75 Å². The van der Waals surface area contributed by atoms with Gasteiger partial charge in [0, 0.05) is 6.04 Å². The van der Waals surface area contributed by atoms with E-state index >= 15 is 0 Å². The minimum atomic E-state index is -4.13. The number of rotatable bonds is 8. The third-order valence-electron chi connectivity index (χ3n) is 2.89. The number of hydrogen-bond acceptors (Lipinski definition) is 2. The van der Waals surface area contributed by atoms with Gasteiger partial charge in [0.15, 0.2) is 6.61 Å². The number of halogens is 4. The van der Waals surface area contributed by atoms with E-state index in [1.54, 1.807) is 12.1 Å². The van der Waals surface area contributed by atoms with Crippen LogP contribution in [0, 0.1) is 0 Å². The SMILES string of the molecule is CCNC(CC)c1ccc(OCC(F)(F)C(F)F)cc1. The minimum absolute atomic E-state index is 0.153. The smallest absolute Gasteiger partial charge is 0.340 e. The molecule has 0 aliphatic heterocycles. The Morgan fingerprint density at radius 2 is 1.75 bits per heavy atom. The van der Waals surface area contributed by atoms with Crippen molar-refractivity contribution in [2.75, 3.05) is 13.2 Å². The van der Waals surface area contributed by atoms with Gasteiger partial charge in [0.25, 0.3) is 0 Å². The van der Waals surface area contributed by atoms with Crippen molar-refractivity contribution in [2.24, 2.45) is 0 Å². The van der Waals surface area contributed by atoms with E-state index in [0.717, 1.165) is 18.5 Å². The molecule has 20 heavy (non-hydrogen) atoms. The van der Waals surface area contributed by atoms with Gasteiger partial charge in [-0.25, -0.2) is 8.78 Å². The molecule has 0 fully saturated rings. The number of ether oxygens (including phenoxy) is 1. The first kappa shape index (κ1) is 16.8. The zero-order valence-corrected chi connectivity index (χ0v) is 11.5. The second-order valence-corrected chi connectivity index (χ2v) is 4.44. The second-order valence-electron chi connectivity index (χ2n) is 4.44. The molecule has 114 valence electrons. The van der Waals surface area contributed by atoms with Gasteiger partial charge < -0.3 is 10.1 Å². The van der Waals surface area contributed by atoms with Crippen molar-refractivity contribution in [2.45, 2.75) is 38.7 Å². The first-order chi connectivity index (χ1) is 9.40. The Balaban J connectivity index is 2.63. The topological polar surface area (TPSA) is 21.3 Å². The molecular weight excluding hydrogens is 274 g/mol. The van der Waals surface area contributed by atoms with Gasteiger partial charge in [-0.15, -0.1) is 0 Å². The molecule has 0 radical (unpaired) electrons. The quantitative estimate of drug-likeness (QED) is 0.731. The first-order valence-electron chi connectivity index (χ1n) is 6.52. The molecule has 0 spiro atoms. The first-order valence-corrected chi connectivity index (χ1v) is 6.52. The van der Waals surface area contributed by atoms with E-state index in [9.17, 15) is 17.6 Å². The average Bonchev–Trinajstić information content (AvgIpc) is 2.43. The Labute approximate surface area is 116 Å². The zero-order valence-electron chi connectivity index (χ0n) is 11.5. The molecule has 0 saturated heterocycles. The third kappa shape index (κ3) is 4.67. The van der Waals surface area contributed by atoms with Gasteiger partial charge in [0.2, 0.25) is 0 Å². The Morgan fingerprint density at radius 1 is 1.15 bits per heavy atom. The summed E-state index contributed by atoms with van der Waals surface area (Å²) in [5.41, 5.74) is 1.00. The Morgan fingerprint density at radius 3 is 2.20 bits per heavy atom. The normalized spacial score (nSPS) is 13.6. The highest BCUT2D eigenvalue weighted by Gasteiger charge is 2.41. The summed E-state index contributed by atoms with van der Waals surface area (Å²) in [7, 11) is 0. The molecule has 0 aliphatic carbocycles. The molecule has 1 unspecified atom stereocenters. The van der Waals surface area contributed by atoms with Crippen molar-refractivity contribution < 1.29 is 22.3 Å². The van der Waals surface area contributed by atoms with Gasteiger partial charge in [-0.1, -0.05) is 26.0 Å². The predicted octanol–water partition coefficient (Wildman–Crippen LogP) is 4.03. The Hall–Kier alpha value is -1.30. The Bertz CT molecular complexity index is 395. The highest BCUT2D eigenvalue weighted by atomic mass is 19.3. The number of alkyl halides is 4. The van der Waals surface area contributed by atoms with Crippen LogP contribution >= 0.6 is 0 Å². The summed E-state index contributed by atoms with van der Waals surface area (Å²) in [4.78, 5) is 0. The standard InChI is InChI=1S/C14H19F4NO/c1-3-12(19-4-2)10-5-7-11(8-6-10)20-9-14(17,18)13(15)16/h5-8,12-13,19H,3-4,9H2,1-2H3. The molecule has 0 amide bonds. The Kier molecular flexibility index (Phi) is 6.26. The van der Waals surface area contributed by atoms with Gasteiger partial charge in [-0.05, 0) is 30.7 Å². The maximum atomic E-state index is 12.7. The number of nitrogens with one attached hydrogen (secondary N) is 1. The summed E-state index contributed by atoms with van der Waals surface area (Å²) < 4.78 is 54.1. The van der Waals surface area contributed by atoms with Crippen LogP contribution in [0.3, 0.4) is 0 Å². The minimum Gasteiger partial charge on any atom is -0.487 e. The van der Waals surface area contributed by atoms with Gasteiger partial charge in [-0.3, -0.25) is 0 Å². The fraction of sp³-hybridized carbons (Fsp3) is 0.571. The summed E-state index contributed by atoms with van der Waals surface area (Å²) in [6.45, 7) is 3.51. The molecule has 1 aromatic carbocycles. The molecule has 1 rings (SSSR count). The van der Waals surface area contributed by atoms with Crippen LogP contribution in [-0.2, 0) is 0 Å². The molecule has 2 nitrogen and oxygen atoms in total. The van der Waals surface area contributed by atoms with Crippen LogP contribution < -0.4 is 10.1 Å². The van der Waals surface area contributed by atoms with Crippen molar-refractivity contribution in [3.8, 4) is 5.75 Å². The molecule has 6 heteroatoms. The fourth-order valence-corrected chi connectivity index (χ4v) is 1.78. The number of benzene rings is 1. The molecular formula is C14H19F4NO. The van der Waals surface area contributed by atoms with Crippen molar-refractivity contribution in [1.82, 2.24) is 5.32 Å². The van der Waals surface area contributed by atoms with E-state index in [4.69, 9.17) is 4.74 Å². The molecule has 1 atom stereocenters. The highest BCUT2D eigenvalue weighted by Crippen LogP contribution is 2.25. The van der Waals surface area contributed by atoms with E-state index in [1.165, 1.54) is 12.1 Å². The lowest BCUT2D eigenvalue weighted by atomic mass is 10.0. The fourth-order valence-electron chi connectivity index (χ4n) is 1.78. The molecule has 1 aromatic rings. The monoisotopic (exact) mass is 293 g/mol. The molecule has 0 aliphatic rings. The van der Waals surface area contributed by atoms with Gasteiger partial charge >= 0.3 is 12.3 Å². The molecule has 0 saturated carbocycles. The highest BCUT2D eigenvalue weighted by molar-refractivity contribution is 5.29. The lowest BCUT2D eigenvalue weighted by Gasteiger charge is -2.18. The molecule has 1 N–H and O–H groups in total. The van der Waals surface area contributed by atoms with Crippen molar-refractivity contribution in [1.29, 1.82) is 0 Å². The van der Waals surface area contributed by atoms with E-state index in [2.05, 4.69) is 5.32 Å².